The molecule has 1 aliphatic heterocycles. The lowest BCUT2D eigenvalue weighted by molar-refractivity contribution is -0.305. The van der Waals surface area contributed by atoms with Gasteiger partial charge in [-0.25, -0.2) is 0 Å². The maximum Gasteiger partial charge on any atom is 0.306 e. The number of amides is 1. The Hall–Kier alpha value is -1.86. The van der Waals surface area contributed by atoms with Crippen LogP contribution in [0.1, 0.15) is 303 Å². The largest absolute Gasteiger partial charge is 0.454 e. The van der Waals surface area contributed by atoms with E-state index >= 15 is 0 Å². The van der Waals surface area contributed by atoms with Crippen LogP contribution in [0.4, 0.5) is 0 Å². The van der Waals surface area contributed by atoms with E-state index in [1.807, 2.05) is 6.08 Å². The molecule has 436 valence electrons. The minimum Gasteiger partial charge on any atom is -0.454 e. The van der Waals surface area contributed by atoms with E-state index in [-0.39, 0.29) is 13.0 Å². The molecule has 0 aromatic rings. The second kappa shape index (κ2) is 51.9. The van der Waals surface area contributed by atoms with E-state index < -0.39 is 67.4 Å². The zero-order valence-corrected chi connectivity index (χ0v) is 48.2. The van der Waals surface area contributed by atoms with Gasteiger partial charge in [0.1, 0.15) is 24.4 Å². The predicted octanol–water partition coefficient (Wildman–Crippen LogP) is 14.9. The number of carbonyl (C=O) groups excluding carboxylic acids is 2. The first-order valence-electron chi connectivity index (χ1n) is 31.6. The summed E-state index contributed by atoms with van der Waals surface area (Å²) in [5.74, 6) is -1.18. The third-order valence-corrected chi connectivity index (χ3v) is 15.1. The molecule has 8 atom stereocenters. The number of aliphatic hydroxyl groups is 5. The average Bonchev–Trinajstić information content (AvgIpc) is 3.40. The van der Waals surface area contributed by atoms with Crippen LogP contribution >= 0.6 is 0 Å². The number of rotatable bonds is 54. The van der Waals surface area contributed by atoms with Gasteiger partial charge in [-0.3, -0.25) is 9.59 Å². The average molecular weight is 1050 g/mol. The molecular formula is C63H119NO10. The Balaban J connectivity index is 2.66. The number of esters is 1. The molecule has 1 amide bonds. The van der Waals surface area contributed by atoms with E-state index in [1.165, 1.54) is 199 Å². The minimum absolute atomic E-state index is 0.125. The Bertz CT molecular complexity index is 1300. The number of aliphatic hydroxyl groups excluding tert-OH is 5. The van der Waals surface area contributed by atoms with Crippen LogP contribution in [0.25, 0.3) is 0 Å². The standard InChI is InChI=1S/C63H119NO10/c1-4-7-10-13-16-19-22-25-26-27-28-29-30-33-36-39-42-45-48-51-58(68)74-61-60(70)59(69)57(52-65)73-63(61)72-53-54(55(66)49-46-43-40-37-34-31-23-20-17-14-11-8-5-2)64-62(71)56(67)50-47-44-41-38-35-32-24-21-18-15-12-9-6-3/h25-26,46,49,54-57,59-61,63,65-67,69-70H,4-24,27-45,47-48,50-53H2,1-3H3,(H,64,71)/b26-25+,49-46+. The monoisotopic (exact) mass is 1050 g/mol. The summed E-state index contributed by atoms with van der Waals surface area (Å²) < 4.78 is 17.6. The molecule has 6 N–H and O–H groups in total. The van der Waals surface area contributed by atoms with Crippen molar-refractivity contribution in [2.75, 3.05) is 13.2 Å². The molecule has 1 heterocycles. The number of allylic oxidation sites excluding steroid dienone is 3. The van der Waals surface area contributed by atoms with Crippen LogP contribution in [0, 0.1) is 0 Å². The zero-order chi connectivity index (χ0) is 54.0. The first-order chi connectivity index (χ1) is 36.2. The maximum absolute atomic E-state index is 13.4. The highest BCUT2D eigenvalue weighted by Crippen LogP contribution is 2.26. The molecule has 11 heteroatoms. The van der Waals surface area contributed by atoms with E-state index in [0.29, 0.717) is 19.3 Å². The zero-order valence-electron chi connectivity index (χ0n) is 48.2. The summed E-state index contributed by atoms with van der Waals surface area (Å²) in [6.45, 7) is 5.81. The molecule has 11 nitrogen and oxygen atoms in total. The molecule has 0 spiro atoms. The van der Waals surface area contributed by atoms with Crippen LogP contribution in [0.3, 0.4) is 0 Å². The lowest BCUT2D eigenvalue weighted by Gasteiger charge is -2.41. The fraction of sp³-hybridized carbons (Fsp3) is 0.905. The first-order valence-corrected chi connectivity index (χ1v) is 31.6. The molecule has 74 heavy (non-hydrogen) atoms. The molecule has 0 saturated carbocycles. The molecule has 0 bridgehead atoms. The van der Waals surface area contributed by atoms with Gasteiger partial charge in [0.25, 0.3) is 0 Å². The number of carbonyl (C=O) groups is 2. The van der Waals surface area contributed by atoms with Gasteiger partial charge in [-0.2, -0.15) is 0 Å². The van der Waals surface area contributed by atoms with Gasteiger partial charge >= 0.3 is 5.97 Å². The Morgan fingerprint density at radius 1 is 0.514 bits per heavy atom. The molecule has 1 aliphatic rings. The van der Waals surface area contributed by atoms with Crippen LogP contribution < -0.4 is 5.32 Å². The summed E-state index contributed by atoms with van der Waals surface area (Å²) in [4.78, 5) is 26.5. The van der Waals surface area contributed by atoms with E-state index in [9.17, 15) is 35.1 Å². The SMILES string of the molecule is CCCCCCCC/C=C/CCCCCCCCCCCC(=O)OC1C(OCC(NC(=O)C(O)CCCCCCCCCCCCCCC)C(O)/C=C/CCCCCCCCCCCCC)OC(CO)C(O)C1O. The van der Waals surface area contributed by atoms with E-state index in [0.717, 1.165) is 57.8 Å². The highest BCUT2D eigenvalue weighted by molar-refractivity contribution is 5.80. The maximum atomic E-state index is 13.4. The molecule has 8 unspecified atom stereocenters. The van der Waals surface area contributed by atoms with Gasteiger partial charge in [-0.15, -0.1) is 0 Å². The summed E-state index contributed by atoms with van der Waals surface area (Å²) >= 11 is 0. The third kappa shape index (κ3) is 39.5. The van der Waals surface area contributed by atoms with Gasteiger partial charge < -0.3 is 45.1 Å². The summed E-state index contributed by atoms with van der Waals surface area (Å²) in [5.41, 5.74) is 0. The summed E-state index contributed by atoms with van der Waals surface area (Å²) in [5, 5.41) is 57.0. The fourth-order valence-electron chi connectivity index (χ4n) is 10.1. The summed E-state index contributed by atoms with van der Waals surface area (Å²) in [6.07, 6.45) is 49.3. The van der Waals surface area contributed by atoms with Gasteiger partial charge in [-0.1, -0.05) is 270 Å². The van der Waals surface area contributed by atoms with Crippen molar-refractivity contribution in [1.29, 1.82) is 0 Å². The van der Waals surface area contributed by atoms with Gasteiger partial charge in [0.2, 0.25) is 5.91 Å². The quantitative estimate of drug-likeness (QED) is 0.0195. The van der Waals surface area contributed by atoms with E-state index in [4.69, 9.17) is 14.2 Å². The molecule has 1 saturated heterocycles. The smallest absolute Gasteiger partial charge is 0.306 e. The summed E-state index contributed by atoms with van der Waals surface area (Å²) in [6, 6.07) is -1.02. The second-order valence-electron chi connectivity index (χ2n) is 22.1. The molecule has 1 rings (SSSR count). The Morgan fingerprint density at radius 2 is 0.892 bits per heavy atom. The van der Waals surface area contributed by atoms with Gasteiger partial charge in [-0.05, 0) is 51.4 Å². The van der Waals surface area contributed by atoms with E-state index in [2.05, 4.69) is 38.2 Å². The normalized spacial score (nSPS) is 19.4. The van der Waals surface area contributed by atoms with Crippen molar-refractivity contribution >= 4 is 11.9 Å². The number of ether oxygens (including phenoxy) is 3. The predicted molar refractivity (Wildman–Crippen MR) is 306 cm³/mol. The van der Waals surface area contributed by atoms with Gasteiger partial charge in [0.15, 0.2) is 12.4 Å². The number of hydrogen-bond donors (Lipinski definition) is 6. The number of nitrogens with one attached hydrogen (secondary N) is 1. The Morgan fingerprint density at radius 3 is 1.31 bits per heavy atom. The lowest BCUT2D eigenvalue weighted by Crippen LogP contribution is -2.61. The molecule has 0 aliphatic carbocycles. The van der Waals surface area contributed by atoms with Crippen molar-refractivity contribution in [2.45, 2.75) is 352 Å². The van der Waals surface area contributed by atoms with Crippen molar-refractivity contribution in [3.63, 3.8) is 0 Å². The highest BCUT2D eigenvalue weighted by atomic mass is 16.7. The van der Waals surface area contributed by atoms with Crippen molar-refractivity contribution in [3.05, 3.63) is 24.3 Å². The van der Waals surface area contributed by atoms with Gasteiger partial charge in [0.05, 0.1) is 25.4 Å². The van der Waals surface area contributed by atoms with Crippen molar-refractivity contribution in [2.24, 2.45) is 0 Å². The van der Waals surface area contributed by atoms with Crippen molar-refractivity contribution in [3.8, 4) is 0 Å². The number of unbranched alkanes of at least 4 members (excludes halogenated alkanes) is 38. The lowest BCUT2D eigenvalue weighted by atomic mass is 9.99. The van der Waals surface area contributed by atoms with E-state index in [1.54, 1.807) is 6.08 Å². The molecule has 0 radical (unpaired) electrons. The van der Waals surface area contributed by atoms with Crippen LogP contribution in [0.2, 0.25) is 0 Å². The minimum atomic E-state index is -1.61. The van der Waals surface area contributed by atoms with Crippen LogP contribution in [0.15, 0.2) is 24.3 Å². The number of hydrogen-bond acceptors (Lipinski definition) is 10. The third-order valence-electron chi connectivity index (χ3n) is 15.1. The Labute approximate surface area is 454 Å². The van der Waals surface area contributed by atoms with Crippen molar-refractivity contribution in [1.82, 2.24) is 5.32 Å². The Kier molecular flexibility index (Phi) is 49.2. The molecule has 0 aromatic heterocycles. The fourth-order valence-corrected chi connectivity index (χ4v) is 10.1. The highest BCUT2D eigenvalue weighted by Gasteiger charge is 2.47. The topological polar surface area (TPSA) is 175 Å². The first kappa shape index (κ1) is 70.2. The van der Waals surface area contributed by atoms with Crippen LogP contribution in [0.5, 0.6) is 0 Å². The molecule has 1 fully saturated rings. The molecular weight excluding hydrogens is 931 g/mol. The van der Waals surface area contributed by atoms with Crippen LogP contribution in [-0.4, -0.2) is 99.6 Å². The van der Waals surface area contributed by atoms with Crippen molar-refractivity contribution < 1.29 is 49.3 Å². The second-order valence-corrected chi connectivity index (χ2v) is 22.1. The van der Waals surface area contributed by atoms with Gasteiger partial charge in [0, 0.05) is 6.42 Å². The molecule has 0 aromatic carbocycles. The summed E-state index contributed by atoms with van der Waals surface area (Å²) in [7, 11) is 0. The van der Waals surface area contributed by atoms with Crippen LogP contribution in [-0.2, 0) is 23.8 Å².